The number of hydrogen-bond donors (Lipinski definition) is 2. The van der Waals surface area contributed by atoms with Crippen LogP contribution in [0.1, 0.15) is 85.6 Å². The van der Waals surface area contributed by atoms with Crippen LogP contribution in [0.15, 0.2) is 24.3 Å². The molecule has 2 unspecified atom stereocenters. The summed E-state index contributed by atoms with van der Waals surface area (Å²) in [6, 6.07) is 6.45. The van der Waals surface area contributed by atoms with Crippen LogP contribution >= 0.6 is 34.8 Å². The molecule has 0 aromatic heterocycles. The monoisotopic (exact) mass is 572 g/mol. The third-order valence-electron chi connectivity index (χ3n) is 8.82. The molecule has 2 aliphatic rings. The Morgan fingerprint density at radius 3 is 2.30 bits per heavy atom. The summed E-state index contributed by atoms with van der Waals surface area (Å²) in [6.45, 7) is 12.6. The normalized spacial score (nSPS) is 29.5. The third kappa shape index (κ3) is 6.10. The Kier molecular flexibility index (Phi) is 9.27. The van der Waals surface area contributed by atoms with Crippen molar-refractivity contribution in [2.45, 2.75) is 96.0 Å². The number of nitrogens with one attached hydrogen (secondary N) is 1. The summed E-state index contributed by atoms with van der Waals surface area (Å²) in [5.41, 5.74) is -1.55. The molecule has 2 amide bonds. The van der Waals surface area contributed by atoms with E-state index in [-0.39, 0.29) is 11.8 Å². The average Bonchev–Trinajstić information content (AvgIpc) is 2.99. The Bertz CT molecular complexity index is 981. The van der Waals surface area contributed by atoms with Gasteiger partial charge < -0.3 is 15.3 Å². The molecule has 1 heterocycles. The summed E-state index contributed by atoms with van der Waals surface area (Å²) in [5, 5.41) is 15.2. The van der Waals surface area contributed by atoms with Gasteiger partial charge in [0.1, 0.15) is 6.04 Å². The molecule has 3 rings (SSSR count). The van der Waals surface area contributed by atoms with Gasteiger partial charge in [-0.1, -0.05) is 108 Å². The minimum Gasteiger partial charge on any atom is -0.384 e. The van der Waals surface area contributed by atoms with E-state index in [1.165, 1.54) is 0 Å². The van der Waals surface area contributed by atoms with Crippen LogP contribution in [0.5, 0.6) is 0 Å². The van der Waals surface area contributed by atoms with E-state index >= 15 is 0 Å². The van der Waals surface area contributed by atoms with Crippen LogP contribution in [0.4, 0.5) is 0 Å². The molecule has 1 aliphatic heterocycles. The highest BCUT2D eigenvalue weighted by molar-refractivity contribution is 6.58. The van der Waals surface area contributed by atoms with E-state index in [0.29, 0.717) is 30.5 Å². The second kappa shape index (κ2) is 11.2. The zero-order valence-electron chi connectivity index (χ0n) is 23.0. The number of piperidine rings is 1. The maximum atomic E-state index is 13.8. The number of carbonyl (C=O) groups is 2. The van der Waals surface area contributed by atoms with Gasteiger partial charge in [0.05, 0.1) is 5.60 Å². The Hall–Kier alpha value is -1.01. The summed E-state index contributed by atoms with van der Waals surface area (Å²) >= 11 is 19.7. The lowest BCUT2D eigenvalue weighted by Gasteiger charge is -2.51. The van der Waals surface area contributed by atoms with Gasteiger partial charge in [-0.15, -0.1) is 0 Å². The standard InChI is InChI=1S/C29H43Cl3N2O3/c1-19(2)23(33-25(36)29(31,32)27(6)14-8-7-9-20(3)17-27)24(35)34-16-15-28(37,26(4,5)18-34)21-10-12-22(30)13-11-21/h10-13,19-20,23,37H,7-9,14-18H2,1-6H3,(H,33,36)/t20?,23-,27?,28+/m1/s1. The fourth-order valence-electron chi connectivity index (χ4n) is 6.25. The number of amides is 2. The number of benzene rings is 1. The molecule has 0 radical (unpaired) electrons. The summed E-state index contributed by atoms with van der Waals surface area (Å²) in [6.07, 6.45) is 5.07. The molecular weight excluding hydrogens is 531 g/mol. The molecule has 1 aliphatic carbocycles. The molecule has 208 valence electrons. The van der Waals surface area contributed by atoms with Crippen molar-refractivity contribution in [3.8, 4) is 0 Å². The smallest absolute Gasteiger partial charge is 0.257 e. The number of halogens is 3. The van der Waals surface area contributed by atoms with Crippen molar-refractivity contribution in [1.82, 2.24) is 10.2 Å². The Labute approximate surface area is 237 Å². The van der Waals surface area contributed by atoms with Crippen LogP contribution in [0.3, 0.4) is 0 Å². The van der Waals surface area contributed by atoms with Crippen LogP contribution in [-0.4, -0.2) is 45.3 Å². The van der Waals surface area contributed by atoms with E-state index in [9.17, 15) is 14.7 Å². The zero-order chi connectivity index (χ0) is 27.8. The Morgan fingerprint density at radius 1 is 1.11 bits per heavy atom. The fraction of sp³-hybridized carbons (Fsp3) is 0.724. The molecule has 1 aromatic rings. The van der Waals surface area contributed by atoms with E-state index in [0.717, 1.165) is 37.7 Å². The minimum absolute atomic E-state index is 0.165. The molecule has 0 bridgehead atoms. The second-order valence-corrected chi connectivity index (χ2v) is 14.4. The van der Waals surface area contributed by atoms with Gasteiger partial charge in [0, 0.05) is 28.9 Å². The maximum Gasteiger partial charge on any atom is 0.257 e. The zero-order valence-corrected chi connectivity index (χ0v) is 25.3. The number of alkyl halides is 2. The van der Waals surface area contributed by atoms with Crippen LogP contribution in [-0.2, 0) is 15.2 Å². The van der Waals surface area contributed by atoms with Gasteiger partial charge in [-0.2, -0.15) is 0 Å². The number of rotatable bonds is 6. The van der Waals surface area contributed by atoms with Gasteiger partial charge in [-0.3, -0.25) is 9.59 Å². The third-order valence-corrected chi connectivity index (χ3v) is 10.3. The number of aliphatic hydroxyl groups is 1. The molecule has 1 aromatic carbocycles. The average molecular weight is 574 g/mol. The van der Waals surface area contributed by atoms with Gasteiger partial charge >= 0.3 is 0 Å². The van der Waals surface area contributed by atoms with Crippen LogP contribution in [0, 0.1) is 22.7 Å². The first-order valence-corrected chi connectivity index (χ1v) is 14.6. The van der Waals surface area contributed by atoms with Crippen molar-refractivity contribution in [1.29, 1.82) is 0 Å². The molecule has 5 nitrogen and oxygen atoms in total. The van der Waals surface area contributed by atoms with Gasteiger partial charge in [0.25, 0.3) is 5.91 Å². The highest BCUT2D eigenvalue weighted by atomic mass is 35.5. The molecule has 8 heteroatoms. The van der Waals surface area contributed by atoms with Crippen LogP contribution in [0.25, 0.3) is 0 Å². The first-order valence-electron chi connectivity index (χ1n) is 13.5. The van der Waals surface area contributed by atoms with E-state index in [4.69, 9.17) is 34.8 Å². The Balaban J connectivity index is 1.77. The lowest BCUT2D eigenvalue weighted by atomic mass is 9.66. The summed E-state index contributed by atoms with van der Waals surface area (Å²) < 4.78 is -1.64. The largest absolute Gasteiger partial charge is 0.384 e. The molecule has 4 atom stereocenters. The van der Waals surface area contributed by atoms with Gasteiger partial charge in [0.15, 0.2) is 0 Å². The van der Waals surface area contributed by atoms with Gasteiger partial charge in [-0.25, -0.2) is 0 Å². The minimum atomic E-state index is -1.64. The summed E-state index contributed by atoms with van der Waals surface area (Å²) in [7, 11) is 0. The highest BCUT2D eigenvalue weighted by Crippen LogP contribution is 2.51. The van der Waals surface area contributed by atoms with Gasteiger partial charge in [0.2, 0.25) is 10.2 Å². The van der Waals surface area contributed by atoms with Crippen molar-refractivity contribution in [2.75, 3.05) is 13.1 Å². The van der Waals surface area contributed by atoms with Crippen molar-refractivity contribution < 1.29 is 14.7 Å². The predicted octanol–water partition coefficient (Wildman–Crippen LogP) is 6.71. The van der Waals surface area contributed by atoms with Crippen LogP contribution < -0.4 is 5.32 Å². The molecule has 2 fully saturated rings. The molecule has 1 saturated heterocycles. The van der Waals surface area contributed by atoms with Gasteiger partial charge in [-0.05, 0) is 48.8 Å². The topological polar surface area (TPSA) is 69.6 Å². The highest BCUT2D eigenvalue weighted by Gasteiger charge is 2.54. The number of hydrogen-bond acceptors (Lipinski definition) is 3. The fourth-order valence-corrected chi connectivity index (χ4v) is 6.83. The van der Waals surface area contributed by atoms with Crippen molar-refractivity contribution in [3.63, 3.8) is 0 Å². The number of likely N-dealkylation sites (tertiary alicyclic amines) is 1. The van der Waals surface area contributed by atoms with E-state index in [2.05, 4.69) is 12.2 Å². The van der Waals surface area contributed by atoms with Crippen molar-refractivity contribution >= 4 is 46.6 Å². The van der Waals surface area contributed by atoms with E-state index < -0.39 is 32.7 Å². The van der Waals surface area contributed by atoms with E-state index in [1.807, 2.05) is 46.8 Å². The molecule has 37 heavy (non-hydrogen) atoms. The summed E-state index contributed by atoms with van der Waals surface area (Å²) in [5.74, 6) is -0.428. The second-order valence-electron chi connectivity index (χ2n) is 12.6. The first-order chi connectivity index (χ1) is 17.0. The lowest BCUT2D eigenvalue weighted by Crippen LogP contribution is -2.62. The SMILES string of the molecule is CC1CCCCC(C)(C(Cl)(Cl)C(=O)N[C@@H](C(=O)N2CC[C@](O)(c3ccc(Cl)cc3)C(C)(C)C2)C(C)C)C1. The van der Waals surface area contributed by atoms with Crippen LogP contribution in [0.2, 0.25) is 5.02 Å². The molecule has 1 saturated carbocycles. The van der Waals surface area contributed by atoms with Crippen molar-refractivity contribution in [3.05, 3.63) is 34.9 Å². The molecule has 0 spiro atoms. The lowest BCUT2D eigenvalue weighted by molar-refractivity contribution is -0.157. The maximum absolute atomic E-state index is 13.8. The van der Waals surface area contributed by atoms with E-state index in [1.54, 1.807) is 17.0 Å². The quantitative estimate of drug-likeness (QED) is 0.294. The van der Waals surface area contributed by atoms with Crippen molar-refractivity contribution in [2.24, 2.45) is 22.7 Å². The first kappa shape index (κ1) is 30.5. The molecular formula is C29H43Cl3N2O3. The molecule has 2 N–H and O–H groups in total. The summed E-state index contributed by atoms with van der Waals surface area (Å²) in [4.78, 5) is 29.1. The predicted molar refractivity (Wildman–Crippen MR) is 152 cm³/mol. The Morgan fingerprint density at radius 2 is 1.73 bits per heavy atom. The number of carbonyl (C=O) groups excluding carboxylic acids is 2. The number of nitrogens with zero attached hydrogens (tertiary/aromatic N) is 1.